The fraction of sp³-hybridized carbons (Fsp3) is 0.318. The Hall–Kier alpha value is -2.26. The average Bonchev–Trinajstić information content (AvgIpc) is 3.09. The lowest BCUT2D eigenvalue weighted by molar-refractivity contribution is -0.146. The van der Waals surface area contributed by atoms with Gasteiger partial charge in [0, 0.05) is 16.5 Å². The maximum absolute atomic E-state index is 12.5. The first-order chi connectivity index (χ1) is 12.6. The van der Waals surface area contributed by atoms with Crippen molar-refractivity contribution >= 4 is 17.6 Å². The van der Waals surface area contributed by atoms with Crippen LogP contribution < -0.4 is 4.74 Å². The zero-order valence-electron chi connectivity index (χ0n) is 14.5. The fourth-order valence-corrected chi connectivity index (χ4v) is 4.34. The summed E-state index contributed by atoms with van der Waals surface area (Å²) in [6.45, 7) is 5.03. The van der Waals surface area contributed by atoms with Gasteiger partial charge < -0.3 is 9.47 Å². The minimum absolute atomic E-state index is 0.0801. The number of cyclic esters (lactones) is 1. The second kappa shape index (κ2) is 6.81. The fourth-order valence-electron chi connectivity index (χ4n) is 4.15. The van der Waals surface area contributed by atoms with Gasteiger partial charge in [0.15, 0.2) is 0 Å². The Morgan fingerprint density at radius 3 is 2.92 bits per heavy atom. The van der Waals surface area contributed by atoms with Gasteiger partial charge in [0.2, 0.25) is 0 Å². The molecule has 1 aliphatic heterocycles. The molecule has 26 heavy (non-hydrogen) atoms. The van der Waals surface area contributed by atoms with Crippen LogP contribution in [-0.2, 0) is 22.6 Å². The van der Waals surface area contributed by atoms with Crippen LogP contribution in [0.2, 0.25) is 5.02 Å². The van der Waals surface area contributed by atoms with Gasteiger partial charge in [0.25, 0.3) is 0 Å². The summed E-state index contributed by atoms with van der Waals surface area (Å²) in [5, 5.41) is 0.698. The van der Waals surface area contributed by atoms with Crippen LogP contribution >= 0.6 is 11.6 Å². The van der Waals surface area contributed by atoms with Crippen molar-refractivity contribution in [2.24, 2.45) is 11.3 Å². The molecule has 0 radical (unpaired) electrons. The number of rotatable bonds is 5. The van der Waals surface area contributed by atoms with E-state index in [1.54, 1.807) is 0 Å². The number of hydrogen-bond acceptors (Lipinski definition) is 3. The summed E-state index contributed by atoms with van der Waals surface area (Å²) in [6, 6.07) is 15.6. The summed E-state index contributed by atoms with van der Waals surface area (Å²) in [5.41, 5.74) is 2.74. The number of hydrogen-bond donors (Lipinski definition) is 0. The standard InChI is InChI=1S/C22H21ClO3/c1-15-9-18-14-26-21(24)22(18,11-15)12-16-5-4-7-19(10-16)25-13-17-6-2-3-8-20(17)23/h2-8,10,18H,1,9,11-14H2. The van der Waals surface area contributed by atoms with Gasteiger partial charge in [0.1, 0.15) is 12.4 Å². The van der Waals surface area contributed by atoms with Crippen molar-refractivity contribution in [1.82, 2.24) is 0 Å². The zero-order valence-corrected chi connectivity index (χ0v) is 15.3. The van der Waals surface area contributed by atoms with Crippen LogP contribution in [0.1, 0.15) is 24.0 Å². The summed E-state index contributed by atoms with van der Waals surface area (Å²) >= 11 is 6.19. The number of allylic oxidation sites excluding steroid dienone is 1. The lowest BCUT2D eigenvalue weighted by Gasteiger charge is -2.24. The Kier molecular flexibility index (Phi) is 4.49. The Morgan fingerprint density at radius 1 is 1.23 bits per heavy atom. The lowest BCUT2D eigenvalue weighted by Crippen LogP contribution is -2.31. The minimum Gasteiger partial charge on any atom is -0.489 e. The first-order valence-electron chi connectivity index (χ1n) is 8.86. The molecule has 2 fully saturated rings. The molecule has 2 aliphatic rings. The average molecular weight is 369 g/mol. The monoisotopic (exact) mass is 368 g/mol. The normalized spacial score (nSPS) is 24.4. The van der Waals surface area contributed by atoms with Gasteiger partial charge in [-0.15, -0.1) is 0 Å². The summed E-state index contributed by atoms with van der Waals surface area (Å²) in [4.78, 5) is 12.5. The van der Waals surface area contributed by atoms with E-state index in [0.29, 0.717) is 24.7 Å². The molecule has 4 rings (SSSR count). The van der Waals surface area contributed by atoms with E-state index in [2.05, 4.69) is 6.58 Å². The number of carbonyl (C=O) groups is 1. The van der Waals surface area contributed by atoms with Crippen molar-refractivity contribution < 1.29 is 14.3 Å². The molecule has 0 amide bonds. The van der Waals surface area contributed by atoms with E-state index in [0.717, 1.165) is 35.3 Å². The van der Waals surface area contributed by atoms with Crippen LogP contribution in [0.25, 0.3) is 0 Å². The van der Waals surface area contributed by atoms with Gasteiger partial charge in [-0.3, -0.25) is 4.79 Å². The third-order valence-electron chi connectivity index (χ3n) is 5.47. The lowest BCUT2D eigenvalue weighted by atomic mass is 9.75. The Labute approximate surface area is 158 Å². The Morgan fingerprint density at radius 2 is 2.08 bits per heavy atom. The molecule has 2 atom stereocenters. The second-order valence-electron chi connectivity index (χ2n) is 7.29. The quantitative estimate of drug-likeness (QED) is 0.552. The molecule has 134 valence electrons. The SMILES string of the molecule is C=C1CC2COC(=O)C2(Cc2cccc(OCc3ccccc3Cl)c2)C1. The topological polar surface area (TPSA) is 35.5 Å². The molecule has 2 unspecified atom stereocenters. The number of fused-ring (bicyclic) bond motifs is 1. The van der Waals surface area contributed by atoms with E-state index in [-0.39, 0.29) is 11.9 Å². The summed E-state index contributed by atoms with van der Waals surface area (Å²) in [7, 11) is 0. The van der Waals surface area contributed by atoms with E-state index >= 15 is 0 Å². The number of halogens is 1. The molecule has 0 N–H and O–H groups in total. The summed E-state index contributed by atoms with van der Waals surface area (Å²) in [5.74, 6) is 0.942. The highest BCUT2D eigenvalue weighted by Gasteiger charge is 2.55. The molecular weight excluding hydrogens is 348 g/mol. The van der Waals surface area contributed by atoms with Crippen LogP contribution in [0.4, 0.5) is 0 Å². The molecule has 0 bridgehead atoms. The van der Waals surface area contributed by atoms with Crippen molar-refractivity contribution in [2.45, 2.75) is 25.9 Å². The Balaban J connectivity index is 1.50. The van der Waals surface area contributed by atoms with Crippen molar-refractivity contribution in [1.29, 1.82) is 0 Å². The van der Waals surface area contributed by atoms with Gasteiger partial charge in [-0.1, -0.05) is 54.1 Å². The van der Waals surface area contributed by atoms with E-state index in [4.69, 9.17) is 21.1 Å². The number of benzene rings is 2. The van der Waals surface area contributed by atoms with Crippen molar-refractivity contribution in [3.05, 3.63) is 76.8 Å². The molecule has 1 saturated heterocycles. The molecule has 3 nitrogen and oxygen atoms in total. The van der Waals surface area contributed by atoms with Gasteiger partial charge >= 0.3 is 5.97 Å². The predicted molar refractivity (Wildman–Crippen MR) is 101 cm³/mol. The van der Waals surface area contributed by atoms with E-state index in [9.17, 15) is 4.79 Å². The highest BCUT2D eigenvalue weighted by Crippen LogP contribution is 2.52. The third-order valence-corrected chi connectivity index (χ3v) is 5.84. The van der Waals surface area contributed by atoms with Crippen LogP contribution in [0.15, 0.2) is 60.7 Å². The van der Waals surface area contributed by atoms with Gasteiger partial charge in [-0.25, -0.2) is 0 Å². The molecule has 1 heterocycles. The minimum atomic E-state index is -0.446. The molecule has 0 spiro atoms. The molecule has 1 saturated carbocycles. The maximum atomic E-state index is 12.5. The zero-order chi connectivity index (χ0) is 18.1. The summed E-state index contributed by atoms with van der Waals surface area (Å²) in [6.07, 6.45) is 2.27. The predicted octanol–water partition coefficient (Wildman–Crippen LogP) is 4.97. The summed E-state index contributed by atoms with van der Waals surface area (Å²) < 4.78 is 11.3. The van der Waals surface area contributed by atoms with Gasteiger partial charge in [-0.05, 0) is 43.0 Å². The smallest absolute Gasteiger partial charge is 0.313 e. The first-order valence-corrected chi connectivity index (χ1v) is 9.24. The van der Waals surface area contributed by atoms with Crippen LogP contribution in [0.3, 0.4) is 0 Å². The molecule has 4 heteroatoms. The van der Waals surface area contributed by atoms with E-state index < -0.39 is 5.41 Å². The van der Waals surface area contributed by atoms with E-state index in [1.807, 2.05) is 48.5 Å². The molecular formula is C22H21ClO3. The highest BCUT2D eigenvalue weighted by atomic mass is 35.5. The number of carbonyl (C=O) groups excluding carboxylic acids is 1. The molecule has 2 aromatic carbocycles. The maximum Gasteiger partial charge on any atom is 0.313 e. The van der Waals surface area contributed by atoms with Crippen molar-refractivity contribution in [3.8, 4) is 5.75 Å². The van der Waals surface area contributed by atoms with Crippen LogP contribution in [0.5, 0.6) is 5.75 Å². The number of esters is 1. The first kappa shape index (κ1) is 17.2. The second-order valence-corrected chi connectivity index (χ2v) is 7.69. The van der Waals surface area contributed by atoms with E-state index in [1.165, 1.54) is 0 Å². The van der Waals surface area contributed by atoms with Gasteiger partial charge in [0.05, 0.1) is 12.0 Å². The molecule has 2 aromatic rings. The van der Waals surface area contributed by atoms with Crippen molar-refractivity contribution in [3.63, 3.8) is 0 Å². The molecule has 1 aliphatic carbocycles. The highest BCUT2D eigenvalue weighted by molar-refractivity contribution is 6.31. The largest absolute Gasteiger partial charge is 0.489 e. The van der Waals surface area contributed by atoms with Crippen LogP contribution in [0, 0.1) is 11.3 Å². The Bertz CT molecular complexity index is 860. The van der Waals surface area contributed by atoms with Gasteiger partial charge in [-0.2, -0.15) is 0 Å². The number of ether oxygens (including phenoxy) is 2. The van der Waals surface area contributed by atoms with Crippen LogP contribution in [-0.4, -0.2) is 12.6 Å². The van der Waals surface area contributed by atoms with Crippen molar-refractivity contribution in [2.75, 3.05) is 6.61 Å². The molecule has 0 aromatic heterocycles. The third kappa shape index (κ3) is 3.12.